The van der Waals surface area contributed by atoms with Crippen molar-refractivity contribution < 1.29 is 28.6 Å². The Bertz CT molecular complexity index is 698. The quantitative estimate of drug-likeness (QED) is 0.595. The SMILES string of the molecule is CC(=O)NC(O)CNC1COC(=O)N1c1ccc(N2CCOCC2)c(F)c1. The molecule has 1 aromatic carbocycles. The molecule has 0 saturated carbocycles. The fourth-order valence-electron chi connectivity index (χ4n) is 3.10. The lowest BCUT2D eigenvalue weighted by molar-refractivity contribution is -0.121. The number of hydrogen-bond donors (Lipinski definition) is 3. The highest BCUT2D eigenvalue weighted by Gasteiger charge is 2.35. The molecule has 3 rings (SSSR count). The van der Waals surface area contributed by atoms with Gasteiger partial charge in [-0.15, -0.1) is 0 Å². The predicted molar refractivity (Wildman–Crippen MR) is 94.9 cm³/mol. The summed E-state index contributed by atoms with van der Waals surface area (Å²) in [5, 5.41) is 15.0. The van der Waals surface area contributed by atoms with Gasteiger partial charge in [0.15, 0.2) is 0 Å². The fourth-order valence-corrected chi connectivity index (χ4v) is 3.10. The van der Waals surface area contributed by atoms with E-state index in [0.717, 1.165) is 0 Å². The highest BCUT2D eigenvalue weighted by Crippen LogP contribution is 2.28. The van der Waals surface area contributed by atoms with Crippen molar-refractivity contribution in [2.24, 2.45) is 0 Å². The van der Waals surface area contributed by atoms with Crippen molar-refractivity contribution in [2.45, 2.75) is 19.3 Å². The molecular formula is C17H23FN4O5. The molecule has 9 nitrogen and oxygen atoms in total. The molecule has 3 N–H and O–H groups in total. The Labute approximate surface area is 156 Å². The van der Waals surface area contributed by atoms with Gasteiger partial charge in [0.25, 0.3) is 0 Å². The van der Waals surface area contributed by atoms with Gasteiger partial charge in [0, 0.05) is 26.6 Å². The monoisotopic (exact) mass is 382 g/mol. The van der Waals surface area contributed by atoms with Crippen LogP contribution in [0.2, 0.25) is 0 Å². The number of hydrogen-bond acceptors (Lipinski definition) is 7. The van der Waals surface area contributed by atoms with Gasteiger partial charge in [-0.3, -0.25) is 15.0 Å². The predicted octanol–water partition coefficient (Wildman–Crippen LogP) is -0.0109. The molecule has 0 aliphatic carbocycles. The molecule has 0 aromatic heterocycles. The molecule has 2 saturated heterocycles. The van der Waals surface area contributed by atoms with E-state index in [2.05, 4.69) is 10.6 Å². The third kappa shape index (κ3) is 4.65. The Morgan fingerprint density at radius 3 is 2.81 bits per heavy atom. The molecule has 0 spiro atoms. The maximum atomic E-state index is 14.6. The van der Waals surface area contributed by atoms with Crippen LogP contribution < -0.4 is 20.4 Å². The number of rotatable bonds is 6. The average molecular weight is 382 g/mol. The minimum Gasteiger partial charge on any atom is -0.445 e. The van der Waals surface area contributed by atoms with Crippen LogP contribution in [0.4, 0.5) is 20.6 Å². The average Bonchev–Trinajstić information content (AvgIpc) is 3.00. The summed E-state index contributed by atoms with van der Waals surface area (Å²) in [6.45, 7) is 3.63. The van der Waals surface area contributed by atoms with E-state index < -0.39 is 24.3 Å². The van der Waals surface area contributed by atoms with E-state index in [-0.39, 0.29) is 19.1 Å². The van der Waals surface area contributed by atoms with Crippen LogP contribution in [0.25, 0.3) is 0 Å². The van der Waals surface area contributed by atoms with Gasteiger partial charge in [-0.1, -0.05) is 0 Å². The normalized spacial score (nSPS) is 21.1. The Kier molecular flexibility index (Phi) is 6.09. The van der Waals surface area contributed by atoms with Crippen molar-refractivity contribution in [1.82, 2.24) is 10.6 Å². The lowest BCUT2D eigenvalue weighted by atomic mass is 10.2. The zero-order chi connectivity index (χ0) is 19.4. The first kappa shape index (κ1) is 19.3. The second-order valence-electron chi connectivity index (χ2n) is 6.32. The van der Waals surface area contributed by atoms with Crippen LogP contribution in [0, 0.1) is 5.82 Å². The summed E-state index contributed by atoms with van der Waals surface area (Å²) in [5.41, 5.74) is 0.804. The maximum absolute atomic E-state index is 14.6. The van der Waals surface area contributed by atoms with E-state index in [1.165, 1.54) is 17.9 Å². The Balaban J connectivity index is 1.69. The zero-order valence-electron chi connectivity index (χ0n) is 15.0. The summed E-state index contributed by atoms with van der Waals surface area (Å²) in [7, 11) is 0. The summed E-state index contributed by atoms with van der Waals surface area (Å²) in [5.74, 6) is -0.813. The Morgan fingerprint density at radius 2 is 2.15 bits per heavy atom. The first-order chi connectivity index (χ1) is 13.0. The van der Waals surface area contributed by atoms with Gasteiger partial charge < -0.3 is 24.8 Å². The van der Waals surface area contributed by atoms with Crippen molar-refractivity contribution in [3.63, 3.8) is 0 Å². The molecule has 148 valence electrons. The molecule has 2 unspecified atom stereocenters. The van der Waals surface area contributed by atoms with Crippen LogP contribution in [0.5, 0.6) is 0 Å². The largest absolute Gasteiger partial charge is 0.445 e. The number of amides is 2. The summed E-state index contributed by atoms with van der Waals surface area (Å²) in [6, 6.07) is 4.57. The van der Waals surface area contributed by atoms with Crippen LogP contribution in [-0.4, -0.2) is 69.0 Å². The van der Waals surface area contributed by atoms with Crippen molar-refractivity contribution >= 4 is 23.4 Å². The molecule has 0 radical (unpaired) electrons. The number of cyclic esters (lactones) is 1. The number of aliphatic hydroxyl groups excluding tert-OH is 1. The topological polar surface area (TPSA) is 103 Å². The number of morpholine rings is 1. The van der Waals surface area contributed by atoms with E-state index in [0.29, 0.717) is 37.7 Å². The minimum absolute atomic E-state index is 0.00568. The second-order valence-corrected chi connectivity index (χ2v) is 6.32. The zero-order valence-corrected chi connectivity index (χ0v) is 15.0. The maximum Gasteiger partial charge on any atom is 0.415 e. The summed E-state index contributed by atoms with van der Waals surface area (Å²) in [4.78, 5) is 26.2. The number of ether oxygens (including phenoxy) is 2. The Morgan fingerprint density at radius 1 is 1.41 bits per heavy atom. The number of nitrogens with zero attached hydrogens (tertiary/aromatic N) is 2. The van der Waals surface area contributed by atoms with Crippen LogP contribution in [-0.2, 0) is 14.3 Å². The van der Waals surface area contributed by atoms with Gasteiger partial charge in [-0.2, -0.15) is 0 Å². The molecule has 1 aromatic rings. The highest BCUT2D eigenvalue weighted by molar-refractivity contribution is 5.90. The van der Waals surface area contributed by atoms with Gasteiger partial charge in [-0.05, 0) is 18.2 Å². The minimum atomic E-state index is -1.11. The van der Waals surface area contributed by atoms with Crippen LogP contribution in [0.3, 0.4) is 0 Å². The van der Waals surface area contributed by atoms with Gasteiger partial charge in [0.2, 0.25) is 5.91 Å². The Hall–Kier alpha value is -2.43. The first-order valence-electron chi connectivity index (χ1n) is 8.72. The third-order valence-electron chi connectivity index (χ3n) is 4.35. The molecule has 27 heavy (non-hydrogen) atoms. The lowest BCUT2D eigenvalue weighted by Gasteiger charge is -2.30. The van der Waals surface area contributed by atoms with E-state index in [4.69, 9.17) is 9.47 Å². The molecule has 2 amide bonds. The number of aliphatic hydroxyl groups is 1. The van der Waals surface area contributed by atoms with E-state index in [1.807, 2.05) is 4.90 Å². The second kappa shape index (κ2) is 8.51. The molecule has 2 aliphatic rings. The van der Waals surface area contributed by atoms with E-state index in [9.17, 15) is 19.1 Å². The van der Waals surface area contributed by atoms with Crippen molar-refractivity contribution in [2.75, 3.05) is 49.3 Å². The van der Waals surface area contributed by atoms with Crippen LogP contribution >= 0.6 is 0 Å². The van der Waals surface area contributed by atoms with Crippen molar-refractivity contribution in [1.29, 1.82) is 0 Å². The standard InChI is InChI=1S/C17H23FN4O5/c1-11(23)20-16(24)9-19-15-10-27-17(25)22(15)12-2-3-14(13(18)8-12)21-4-6-26-7-5-21/h2-3,8,15-16,19,24H,4-7,9-10H2,1H3,(H,20,23). The van der Waals surface area contributed by atoms with Gasteiger partial charge in [-0.25, -0.2) is 9.18 Å². The molecule has 2 atom stereocenters. The van der Waals surface area contributed by atoms with E-state index in [1.54, 1.807) is 12.1 Å². The number of nitrogens with one attached hydrogen (secondary N) is 2. The summed E-state index contributed by atoms with van der Waals surface area (Å²) in [6.07, 6.45) is -2.31. The molecule has 2 fully saturated rings. The molecule has 10 heteroatoms. The lowest BCUT2D eigenvalue weighted by Crippen LogP contribution is -2.50. The fraction of sp³-hybridized carbons (Fsp3) is 0.529. The highest BCUT2D eigenvalue weighted by atomic mass is 19.1. The molecular weight excluding hydrogens is 359 g/mol. The molecule has 2 heterocycles. The van der Waals surface area contributed by atoms with Gasteiger partial charge >= 0.3 is 6.09 Å². The summed E-state index contributed by atoms with van der Waals surface area (Å²) >= 11 is 0. The first-order valence-corrected chi connectivity index (χ1v) is 8.72. The molecule has 0 bridgehead atoms. The number of carbonyl (C=O) groups excluding carboxylic acids is 2. The number of benzene rings is 1. The number of carbonyl (C=O) groups is 2. The smallest absolute Gasteiger partial charge is 0.415 e. The van der Waals surface area contributed by atoms with E-state index >= 15 is 0 Å². The van der Waals surface area contributed by atoms with Gasteiger partial charge in [0.05, 0.1) is 24.6 Å². The van der Waals surface area contributed by atoms with Crippen LogP contribution in [0.15, 0.2) is 18.2 Å². The summed E-state index contributed by atoms with van der Waals surface area (Å²) < 4.78 is 24.9. The van der Waals surface area contributed by atoms with Crippen LogP contribution in [0.1, 0.15) is 6.92 Å². The van der Waals surface area contributed by atoms with Crippen molar-refractivity contribution in [3.05, 3.63) is 24.0 Å². The third-order valence-corrected chi connectivity index (χ3v) is 4.35. The van der Waals surface area contributed by atoms with Gasteiger partial charge in [0.1, 0.15) is 24.8 Å². The molecule has 2 aliphatic heterocycles. The number of halogens is 1. The van der Waals surface area contributed by atoms with Crippen molar-refractivity contribution in [3.8, 4) is 0 Å². The number of anilines is 2.